The fourth-order valence-corrected chi connectivity index (χ4v) is 6.89. The third kappa shape index (κ3) is 9.82. The molecule has 4 amide bonds. The topological polar surface area (TPSA) is 169 Å². The molecule has 4 N–H and O–H groups in total. The third-order valence-electron chi connectivity index (χ3n) is 7.87. The number of anilines is 4. The van der Waals surface area contributed by atoms with Gasteiger partial charge in [0.1, 0.15) is 21.3 Å². The van der Waals surface area contributed by atoms with Crippen molar-refractivity contribution in [2.24, 2.45) is 0 Å². The first-order valence-corrected chi connectivity index (χ1v) is 19.2. The molecule has 0 aliphatic heterocycles. The van der Waals surface area contributed by atoms with Gasteiger partial charge in [0.25, 0.3) is 0 Å². The molecule has 0 aromatic heterocycles. The van der Waals surface area contributed by atoms with E-state index in [9.17, 15) is 26.4 Å². The Labute approximate surface area is 313 Å². The maximum Gasteiger partial charge on any atom is 0.339 e. The molecule has 0 aliphatic rings. The number of hydrogen-bond acceptors (Lipinski definition) is 8. The van der Waals surface area contributed by atoms with Crippen LogP contribution < -0.4 is 29.6 Å². The molecule has 0 saturated heterocycles. The number of urea groups is 2. The van der Waals surface area contributed by atoms with E-state index in [1.165, 1.54) is 72.8 Å². The summed E-state index contributed by atoms with van der Waals surface area (Å²) in [6, 6.07) is 37.9. The van der Waals surface area contributed by atoms with Crippen molar-refractivity contribution in [1.29, 1.82) is 0 Å². The lowest BCUT2D eigenvalue weighted by molar-refractivity contribution is 0.261. The normalized spacial score (nSPS) is 11.2. The Morgan fingerprint density at radius 1 is 0.389 bits per heavy atom. The second kappa shape index (κ2) is 15.9. The lowest BCUT2D eigenvalue weighted by Crippen LogP contribution is -2.19. The highest BCUT2D eigenvalue weighted by Crippen LogP contribution is 2.26. The van der Waals surface area contributed by atoms with Crippen molar-refractivity contribution in [3.05, 3.63) is 157 Å². The average molecular weight is 763 g/mol. The van der Waals surface area contributed by atoms with Crippen molar-refractivity contribution >= 4 is 55.0 Å². The van der Waals surface area contributed by atoms with Crippen molar-refractivity contribution in [1.82, 2.24) is 0 Å². The Morgan fingerprint density at radius 2 is 0.648 bits per heavy atom. The number of rotatable bonds is 11. The van der Waals surface area contributed by atoms with Gasteiger partial charge in [0.15, 0.2) is 0 Å². The molecule has 0 fully saturated rings. The zero-order valence-electron chi connectivity index (χ0n) is 28.9. The maximum atomic E-state index is 12.6. The quantitative estimate of drug-likeness (QED) is 0.0950. The Bertz CT molecular complexity index is 2300. The van der Waals surface area contributed by atoms with Crippen LogP contribution in [0.4, 0.5) is 32.3 Å². The van der Waals surface area contributed by atoms with E-state index in [4.69, 9.17) is 8.37 Å². The van der Waals surface area contributed by atoms with Crippen LogP contribution in [-0.2, 0) is 20.2 Å². The van der Waals surface area contributed by atoms with E-state index in [1.807, 2.05) is 38.1 Å². The zero-order chi connectivity index (χ0) is 38.3. The summed E-state index contributed by atoms with van der Waals surface area (Å²) in [4.78, 5) is 25.3. The van der Waals surface area contributed by atoms with Crippen LogP contribution in [0, 0.1) is 13.8 Å². The minimum Gasteiger partial charge on any atom is -0.379 e. The van der Waals surface area contributed by atoms with E-state index in [2.05, 4.69) is 21.3 Å². The van der Waals surface area contributed by atoms with Gasteiger partial charge in [-0.05, 0) is 122 Å². The number of aryl methyl sites for hydroxylation is 2. The van der Waals surface area contributed by atoms with E-state index in [1.54, 1.807) is 48.5 Å². The molecule has 274 valence electrons. The fraction of sp³-hybridized carbons (Fsp3) is 0.0500. The summed E-state index contributed by atoms with van der Waals surface area (Å²) in [6.45, 7) is 3.71. The zero-order valence-corrected chi connectivity index (χ0v) is 30.6. The summed E-state index contributed by atoms with van der Waals surface area (Å²) in [5, 5.41) is 10.9. The Balaban J connectivity index is 0.962. The molecule has 0 heterocycles. The second-order valence-corrected chi connectivity index (χ2v) is 15.2. The molecule has 0 bridgehead atoms. The predicted octanol–water partition coefficient (Wildman–Crippen LogP) is 8.79. The van der Waals surface area contributed by atoms with Crippen LogP contribution in [0.2, 0.25) is 0 Å². The van der Waals surface area contributed by atoms with Gasteiger partial charge in [0, 0.05) is 22.7 Å². The van der Waals surface area contributed by atoms with E-state index in [0.717, 1.165) is 22.3 Å². The highest BCUT2D eigenvalue weighted by Gasteiger charge is 2.18. The molecule has 0 atom stereocenters. The van der Waals surface area contributed by atoms with Crippen LogP contribution in [-0.4, -0.2) is 28.9 Å². The van der Waals surface area contributed by atoms with E-state index >= 15 is 0 Å². The van der Waals surface area contributed by atoms with Crippen LogP contribution in [0.5, 0.6) is 11.5 Å². The van der Waals surface area contributed by atoms with Crippen molar-refractivity contribution in [3.63, 3.8) is 0 Å². The maximum absolute atomic E-state index is 12.6. The van der Waals surface area contributed by atoms with E-state index in [-0.39, 0.29) is 21.3 Å². The van der Waals surface area contributed by atoms with Crippen LogP contribution in [0.3, 0.4) is 0 Å². The third-order valence-corrected chi connectivity index (χ3v) is 10.4. The predicted molar refractivity (Wildman–Crippen MR) is 208 cm³/mol. The smallest absolute Gasteiger partial charge is 0.339 e. The number of carbonyl (C=O) groups excluding carboxylic acids is 2. The second-order valence-electron chi connectivity index (χ2n) is 12.1. The molecule has 6 aromatic rings. The first-order chi connectivity index (χ1) is 25.8. The molecule has 6 rings (SSSR count). The number of nitrogens with one attached hydrogen (secondary N) is 4. The molecule has 6 aromatic carbocycles. The summed E-state index contributed by atoms with van der Waals surface area (Å²) in [6.07, 6.45) is 0. The molecular weight excluding hydrogens is 729 g/mol. The van der Waals surface area contributed by atoms with Gasteiger partial charge in [-0.25, -0.2) is 9.59 Å². The fourth-order valence-electron chi connectivity index (χ4n) is 5.03. The van der Waals surface area contributed by atoms with Crippen molar-refractivity contribution < 1.29 is 34.8 Å². The molecule has 14 heteroatoms. The Kier molecular flexibility index (Phi) is 11.0. The minimum atomic E-state index is -4.00. The van der Waals surface area contributed by atoms with E-state index < -0.39 is 32.3 Å². The van der Waals surface area contributed by atoms with Gasteiger partial charge in [-0.2, -0.15) is 16.8 Å². The first kappa shape index (κ1) is 37.1. The Hall–Kier alpha value is -6.64. The van der Waals surface area contributed by atoms with Gasteiger partial charge in [-0.15, -0.1) is 0 Å². The van der Waals surface area contributed by atoms with Crippen molar-refractivity contribution in [3.8, 4) is 22.6 Å². The number of amides is 4. The summed E-state index contributed by atoms with van der Waals surface area (Å²) >= 11 is 0. The molecule has 54 heavy (non-hydrogen) atoms. The summed E-state index contributed by atoms with van der Waals surface area (Å²) in [7, 11) is -7.99. The number of hydrogen-bond donors (Lipinski definition) is 4. The SMILES string of the molecule is Cc1ccc(S(=O)(=O)Oc2ccc(NC(=O)Nc3ccc(-c4ccc(NC(=O)Nc5ccc(OS(=O)(=O)c6ccc(C)cc6)cc5)cc4)cc3)cc2)cc1. The van der Waals surface area contributed by atoms with Crippen LogP contribution >= 0.6 is 0 Å². The Morgan fingerprint density at radius 3 is 0.926 bits per heavy atom. The summed E-state index contributed by atoms with van der Waals surface area (Å²) in [5.41, 5.74) is 5.55. The van der Waals surface area contributed by atoms with Crippen molar-refractivity contribution in [2.45, 2.75) is 23.6 Å². The average Bonchev–Trinajstić information content (AvgIpc) is 3.14. The molecule has 0 aliphatic carbocycles. The van der Waals surface area contributed by atoms with Gasteiger partial charge in [-0.3, -0.25) is 0 Å². The highest BCUT2D eigenvalue weighted by atomic mass is 32.2. The first-order valence-electron chi connectivity index (χ1n) is 16.4. The molecule has 0 unspecified atom stereocenters. The van der Waals surface area contributed by atoms with Crippen molar-refractivity contribution in [2.75, 3.05) is 21.3 Å². The van der Waals surface area contributed by atoms with Gasteiger partial charge in [-0.1, -0.05) is 59.7 Å². The molecule has 0 saturated carbocycles. The van der Waals surface area contributed by atoms with Gasteiger partial charge < -0.3 is 29.6 Å². The van der Waals surface area contributed by atoms with Gasteiger partial charge in [0.2, 0.25) is 0 Å². The van der Waals surface area contributed by atoms with Crippen LogP contribution in [0.25, 0.3) is 11.1 Å². The summed E-state index contributed by atoms with van der Waals surface area (Å²) < 4.78 is 60.6. The van der Waals surface area contributed by atoms with E-state index in [0.29, 0.717) is 22.7 Å². The standard InChI is InChI=1S/C40H34N4O8S2/c1-27-3-23-37(24-4-27)53(47,48)51-35-19-15-33(16-20-35)43-39(45)41-31-11-7-29(8-12-31)30-9-13-32(14-10-30)42-40(46)44-34-17-21-36(22-18-34)52-54(49,50)38-25-5-28(2)6-26-38/h3-26H,1-2H3,(H2,41,43,45)(H2,42,44,46). The molecule has 0 radical (unpaired) electrons. The largest absolute Gasteiger partial charge is 0.379 e. The highest BCUT2D eigenvalue weighted by molar-refractivity contribution is 7.87. The molecule has 12 nitrogen and oxygen atoms in total. The minimum absolute atomic E-state index is 0.0420. The summed E-state index contributed by atoms with van der Waals surface area (Å²) in [5.74, 6) is 0.211. The number of carbonyl (C=O) groups is 2. The van der Waals surface area contributed by atoms with Gasteiger partial charge in [0.05, 0.1) is 0 Å². The van der Waals surface area contributed by atoms with Crippen LogP contribution in [0.1, 0.15) is 11.1 Å². The lowest BCUT2D eigenvalue weighted by Gasteiger charge is -2.11. The van der Waals surface area contributed by atoms with Gasteiger partial charge >= 0.3 is 32.3 Å². The monoisotopic (exact) mass is 762 g/mol. The van der Waals surface area contributed by atoms with Crippen LogP contribution in [0.15, 0.2) is 155 Å². The lowest BCUT2D eigenvalue weighted by atomic mass is 10.1. The number of benzene rings is 6. The molecular formula is C40H34N4O8S2. The molecule has 0 spiro atoms.